The Kier molecular flexibility index (Phi) is 17.5. The highest BCUT2D eigenvalue weighted by atomic mass is 16.7. The third-order valence-electron chi connectivity index (χ3n) is 4.29. The molecule has 0 unspecified atom stereocenters. The molecule has 0 aliphatic heterocycles. The molecule has 1 amide bonds. The van der Waals surface area contributed by atoms with Gasteiger partial charge in [-0.25, -0.2) is 4.79 Å². The van der Waals surface area contributed by atoms with Crippen LogP contribution in [0.4, 0.5) is 0 Å². The van der Waals surface area contributed by atoms with Crippen LogP contribution in [0.2, 0.25) is 0 Å². The summed E-state index contributed by atoms with van der Waals surface area (Å²) in [6.45, 7) is 3.59. The molecule has 0 spiro atoms. The number of hydrogen-bond donors (Lipinski definition) is 1. The zero-order chi connectivity index (χ0) is 17.9. The predicted octanol–water partition coefficient (Wildman–Crippen LogP) is 5.84. The molecular weight excluding hydrogens is 302 g/mol. The van der Waals surface area contributed by atoms with E-state index in [2.05, 4.69) is 17.2 Å². The Bertz CT molecular complexity index is 305. The fraction of sp³-hybridized carbons (Fsp3) is 0.900. The zero-order valence-electron chi connectivity index (χ0n) is 16.0. The van der Waals surface area contributed by atoms with Crippen molar-refractivity contribution in [3.8, 4) is 0 Å². The number of amides is 1. The van der Waals surface area contributed by atoms with E-state index in [1.54, 1.807) is 0 Å². The molecule has 0 saturated heterocycles. The van der Waals surface area contributed by atoms with Gasteiger partial charge in [0.25, 0.3) is 0 Å². The molecular formula is C20H39NO3. The van der Waals surface area contributed by atoms with Crippen molar-refractivity contribution in [1.29, 1.82) is 0 Å². The van der Waals surface area contributed by atoms with Gasteiger partial charge in [0.1, 0.15) is 0 Å². The largest absolute Gasteiger partial charge is 0.341 e. The molecule has 0 aliphatic carbocycles. The molecule has 4 heteroatoms. The molecule has 0 aliphatic rings. The van der Waals surface area contributed by atoms with Crippen molar-refractivity contribution < 1.29 is 14.4 Å². The van der Waals surface area contributed by atoms with Crippen molar-refractivity contribution >= 4 is 11.9 Å². The van der Waals surface area contributed by atoms with Gasteiger partial charge < -0.3 is 4.84 Å². The second kappa shape index (κ2) is 18.3. The van der Waals surface area contributed by atoms with Crippen molar-refractivity contribution in [3.63, 3.8) is 0 Å². The second-order valence-electron chi connectivity index (χ2n) is 6.83. The van der Waals surface area contributed by atoms with Crippen LogP contribution in [0.5, 0.6) is 0 Å². The standard InChI is InChI=1S/C20H39NO3/c1-3-4-5-6-7-8-9-10-11-12-13-14-15-16-17-18-20(23)24-21-19(2)22/h3-18H2,1-2H3,(H,21,22). The van der Waals surface area contributed by atoms with Crippen LogP contribution in [-0.4, -0.2) is 11.9 Å². The molecule has 0 atom stereocenters. The van der Waals surface area contributed by atoms with Gasteiger partial charge >= 0.3 is 5.97 Å². The molecule has 0 saturated carbocycles. The minimum absolute atomic E-state index is 0.347. The molecule has 1 N–H and O–H groups in total. The highest BCUT2D eigenvalue weighted by molar-refractivity contribution is 5.75. The summed E-state index contributed by atoms with van der Waals surface area (Å²) in [6.07, 6.45) is 20.0. The summed E-state index contributed by atoms with van der Waals surface area (Å²) in [5, 5.41) is 0. The molecule has 0 aromatic rings. The number of carbonyl (C=O) groups excluding carboxylic acids is 2. The van der Waals surface area contributed by atoms with Gasteiger partial charge in [0.15, 0.2) is 0 Å². The lowest BCUT2D eigenvalue weighted by Crippen LogP contribution is -2.24. The van der Waals surface area contributed by atoms with Crippen molar-refractivity contribution in [1.82, 2.24) is 5.48 Å². The Hall–Kier alpha value is -1.06. The average molecular weight is 342 g/mol. The summed E-state index contributed by atoms with van der Waals surface area (Å²) in [5.74, 6) is -0.695. The third kappa shape index (κ3) is 19.0. The van der Waals surface area contributed by atoms with E-state index in [1.807, 2.05) is 0 Å². The number of unbranched alkanes of at least 4 members (excludes halogenated alkanes) is 14. The molecule has 0 radical (unpaired) electrons. The number of hydrogen-bond acceptors (Lipinski definition) is 3. The summed E-state index contributed by atoms with van der Waals surface area (Å²) in [4.78, 5) is 26.4. The number of rotatable bonds is 16. The highest BCUT2D eigenvalue weighted by Gasteiger charge is 2.03. The lowest BCUT2D eigenvalue weighted by Gasteiger charge is -2.04. The first kappa shape index (κ1) is 22.9. The Morgan fingerprint density at radius 3 is 1.42 bits per heavy atom. The van der Waals surface area contributed by atoms with Crippen molar-refractivity contribution in [2.45, 2.75) is 117 Å². The monoisotopic (exact) mass is 341 g/mol. The van der Waals surface area contributed by atoms with Crippen LogP contribution in [-0.2, 0) is 14.4 Å². The first-order chi connectivity index (χ1) is 11.7. The van der Waals surface area contributed by atoms with Crippen LogP contribution in [0, 0.1) is 0 Å². The first-order valence-electron chi connectivity index (χ1n) is 10.1. The lowest BCUT2D eigenvalue weighted by molar-refractivity contribution is -0.157. The van der Waals surface area contributed by atoms with Crippen molar-refractivity contribution in [2.75, 3.05) is 0 Å². The van der Waals surface area contributed by atoms with Crippen LogP contribution in [0.3, 0.4) is 0 Å². The van der Waals surface area contributed by atoms with Gasteiger partial charge in [-0.1, -0.05) is 96.8 Å². The summed E-state index contributed by atoms with van der Waals surface area (Å²) < 4.78 is 0. The summed E-state index contributed by atoms with van der Waals surface area (Å²) in [7, 11) is 0. The Morgan fingerprint density at radius 2 is 1.04 bits per heavy atom. The number of carbonyl (C=O) groups is 2. The molecule has 0 bridgehead atoms. The fourth-order valence-corrected chi connectivity index (χ4v) is 2.82. The molecule has 0 rings (SSSR count). The van der Waals surface area contributed by atoms with Crippen LogP contribution in [0.15, 0.2) is 0 Å². The Labute approximate surface area is 149 Å². The molecule has 24 heavy (non-hydrogen) atoms. The molecule has 4 nitrogen and oxygen atoms in total. The van der Waals surface area contributed by atoms with E-state index in [-0.39, 0.29) is 11.9 Å². The smallest absolute Gasteiger partial charge is 0.332 e. The van der Waals surface area contributed by atoms with Gasteiger partial charge in [-0.2, -0.15) is 5.48 Å². The van der Waals surface area contributed by atoms with Gasteiger partial charge in [0.05, 0.1) is 0 Å². The van der Waals surface area contributed by atoms with Crippen molar-refractivity contribution in [2.24, 2.45) is 0 Å². The van der Waals surface area contributed by atoms with E-state index in [0.29, 0.717) is 6.42 Å². The SMILES string of the molecule is CCCCCCCCCCCCCCCCCC(=O)ONC(C)=O. The van der Waals surface area contributed by atoms with Gasteiger partial charge in [0.2, 0.25) is 5.91 Å². The maximum absolute atomic E-state index is 11.2. The molecule has 0 fully saturated rings. The fourth-order valence-electron chi connectivity index (χ4n) is 2.82. The molecule has 0 aromatic heterocycles. The van der Waals surface area contributed by atoms with E-state index in [0.717, 1.165) is 12.8 Å². The maximum Gasteiger partial charge on any atom is 0.332 e. The Morgan fingerprint density at radius 1 is 0.667 bits per heavy atom. The average Bonchev–Trinajstić information content (AvgIpc) is 2.56. The van der Waals surface area contributed by atoms with Gasteiger partial charge in [-0.3, -0.25) is 4.79 Å². The second-order valence-corrected chi connectivity index (χ2v) is 6.83. The zero-order valence-corrected chi connectivity index (χ0v) is 16.0. The summed E-state index contributed by atoms with van der Waals surface area (Å²) in [5.41, 5.74) is 2.06. The van der Waals surface area contributed by atoms with Gasteiger partial charge in [0, 0.05) is 13.3 Å². The predicted molar refractivity (Wildman–Crippen MR) is 99.5 cm³/mol. The Balaban J connectivity index is 3.10. The number of hydroxylamine groups is 1. The minimum atomic E-state index is -0.347. The lowest BCUT2D eigenvalue weighted by atomic mass is 10.0. The van der Waals surface area contributed by atoms with Crippen LogP contribution < -0.4 is 5.48 Å². The van der Waals surface area contributed by atoms with Gasteiger partial charge in [-0.15, -0.1) is 0 Å². The molecule has 142 valence electrons. The van der Waals surface area contributed by atoms with Crippen LogP contribution >= 0.6 is 0 Å². The van der Waals surface area contributed by atoms with E-state index in [9.17, 15) is 9.59 Å². The molecule has 0 heterocycles. The van der Waals surface area contributed by atoms with E-state index in [1.165, 1.54) is 90.4 Å². The number of nitrogens with one attached hydrogen (secondary N) is 1. The molecule has 0 aromatic carbocycles. The van der Waals surface area contributed by atoms with Crippen LogP contribution in [0.25, 0.3) is 0 Å². The van der Waals surface area contributed by atoms with E-state index < -0.39 is 0 Å². The minimum Gasteiger partial charge on any atom is -0.341 e. The topological polar surface area (TPSA) is 55.4 Å². The first-order valence-corrected chi connectivity index (χ1v) is 10.1. The third-order valence-corrected chi connectivity index (χ3v) is 4.29. The van der Waals surface area contributed by atoms with Crippen molar-refractivity contribution in [3.05, 3.63) is 0 Å². The summed E-state index contributed by atoms with van der Waals surface area (Å²) in [6, 6.07) is 0. The quantitative estimate of drug-likeness (QED) is 0.283. The van der Waals surface area contributed by atoms with Crippen LogP contribution in [0.1, 0.15) is 117 Å². The normalized spacial score (nSPS) is 10.6. The van der Waals surface area contributed by atoms with E-state index in [4.69, 9.17) is 0 Å². The summed E-state index contributed by atoms with van der Waals surface area (Å²) >= 11 is 0. The van der Waals surface area contributed by atoms with E-state index >= 15 is 0 Å². The maximum atomic E-state index is 11.2. The van der Waals surface area contributed by atoms with Gasteiger partial charge in [-0.05, 0) is 6.42 Å². The highest BCUT2D eigenvalue weighted by Crippen LogP contribution is 2.13.